The molecule has 2 heterocycles. The lowest BCUT2D eigenvalue weighted by molar-refractivity contribution is -0.343. The zero-order valence-corrected chi connectivity index (χ0v) is 33.8. The third-order valence-electron chi connectivity index (χ3n) is 9.78. The molecule has 2 aliphatic rings. The van der Waals surface area contributed by atoms with E-state index < -0.39 is 79.3 Å². The lowest BCUT2D eigenvalue weighted by atomic mass is 9.97. The Morgan fingerprint density at radius 1 is 0.450 bits per heavy atom. The molecule has 0 radical (unpaired) electrons. The van der Waals surface area contributed by atoms with E-state index in [2.05, 4.69) is 0 Å². The van der Waals surface area contributed by atoms with Gasteiger partial charge in [0.15, 0.2) is 30.9 Å². The van der Waals surface area contributed by atoms with Gasteiger partial charge in [-0.05, 0) is 22.3 Å². The van der Waals surface area contributed by atoms with Gasteiger partial charge in [0.1, 0.15) is 30.5 Å². The van der Waals surface area contributed by atoms with Crippen molar-refractivity contribution in [2.75, 3.05) is 13.2 Å². The third-order valence-corrected chi connectivity index (χ3v) is 9.78. The monoisotopic (exact) mass is 828 g/mol. The first-order chi connectivity index (χ1) is 29.1. The Hall–Kier alpha value is -5.03. The van der Waals surface area contributed by atoms with Crippen molar-refractivity contribution in [1.82, 2.24) is 0 Å². The quantitative estimate of drug-likeness (QED) is 0.0968. The highest BCUT2D eigenvalue weighted by Crippen LogP contribution is 2.34. The van der Waals surface area contributed by atoms with E-state index in [1.165, 1.54) is 0 Å². The van der Waals surface area contributed by atoms with Gasteiger partial charge in [0.2, 0.25) is 0 Å². The molecule has 0 amide bonds. The Bertz CT molecular complexity index is 1900. The van der Waals surface area contributed by atoms with Crippen LogP contribution in [0.25, 0.3) is 0 Å². The number of hydrogen-bond donors (Lipinski definition) is 1. The summed E-state index contributed by atoms with van der Waals surface area (Å²) in [7, 11) is 0. The second-order valence-corrected chi connectivity index (χ2v) is 14.4. The van der Waals surface area contributed by atoms with Gasteiger partial charge in [-0.25, -0.2) is 0 Å². The summed E-state index contributed by atoms with van der Waals surface area (Å²) in [6, 6.07) is 38.7. The first-order valence-electron chi connectivity index (χ1n) is 19.8. The van der Waals surface area contributed by atoms with Crippen LogP contribution in [-0.4, -0.2) is 97.6 Å². The molecule has 2 saturated heterocycles. The fraction of sp³-hybridized carbons (Fsp3) is 0.413. The number of aliphatic hydroxyl groups excluding tert-OH is 1. The molecular formula is C46H52O14. The highest BCUT2D eigenvalue weighted by atomic mass is 16.7. The fourth-order valence-corrected chi connectivity index (χ4v) is 7.08. The summed E-state index contributed by atoms with van der Waals surface area (Å²) in [6.45, 7) is 3.97. The summed E-state index contributed by atoms with van der Waals surface area (Å²) in [5.41, 5.74) is 3.68. The average Bonchev–Trinajstić information content (AvgIpc) is 3.24. The number of ether oxygens (including phenoxy) is 10. The summed E-state index contributed by atoms with van der Waals surface area (Å²) in [6.07, 6.45) is -11.8. The summed E-state index contributed by atoms with van der Waals surface area (Å²) < 4.78 is 61.9. The van der Waals surface area contributed by atoms with Gasteiger partial charge in [-0.15, -0.1) is 0 Å². The van der Waals surface area contributed by atoms with Gasteiger partial charge in [0, 0.05) is 20.8 Å². The van der Waals surface area contributed by atoms with Gasteiger partial charge < -0.3 is 52.5 Å². The summed E-state index contributed by atoms with van der Waals surface area (Å²) in [5, 5.41) is 11.1. The largest absolute Gasteiger partial charge is 0.456 e. The zero-order valence-electron chi connectivity index (χ0n) is 33.8. The number of aliphatic hydroxyl groups is 1. The van der Waals surface area contributed by atoms with E-state index in [1.54, 1.807) is 0 Å². The molecule has 0 saturated carbocycles. The van der Waals surface area contributed by atoms with Crippen LogP contribution in [-0.2, 0) is 88.2 Å². The fourth-order valence-electron chi connectivity index (χ4n) is 7.08. The van der Waals surface area contributed by atoms with Gasteiger partial charge >= 0.3 is 17.9 Å². The number of carbonyl (C=O) groups is 3. The highest BCUT2D eigenvalue weighted by Gasteiger charge is 2.53. The molecule has 1 N–H and O–H groups in total. The number of esters is 3. The maximum Gasteiger partial charge on any atom is 0.303 e. The van der Waals surface area contributed by atoms with Crippen molar-refractivity contribution in [2.24, 2.45) is 0 Å². The van der Waals surface area contributed by atoms with Crippen molar-refractivity contribution < 1.29 is 66.9 Å². The minimum Gasteiger partial charge on any atom is -0.456 e. The summed E-state index contributed by atoms with van der Waals surface area (Å²) >= 11 is 0. The molecule has 0 bridgehead atoms. The van der Waals surface area contributed by atoms with Crippen LogP contribution in [0.5, 0.6) is 0 Å². The molecule has 0 unspecified atom stereocenters. The molecule has 0 aliphatic carbocycles. The van der Waals surface area contributed by atoms with Crippen LogP contribution in [0.4, 0.5) is 0 Å². The van der Waals surface area contributed by atoms with E-state index in [0.29, 0.717) is 6.61 Å². The molecule has 0 aromatic heterocycles. The third kappa shape index (κ3) is 13.0. The van der Waals surface area contributed by atoms with Crippen molar-refractivity contribution >= 4 is 17.9 Å². The van der Waals surface area contributed by atoms with Crippen molar-refractivity contribution in [3.63, 3.8) is 0 Å². The molecule has 14 nitrogen and oxygen atoms in total. The molecule has 14 heteroatoms. The maximum atomic E-state index is 12.4. The standard InChI is InChI=1S/C46H52O14/c1-30(47)56-40-38(59-45(50)43(58-32(3)49)42(40)57-31(2)48)29-55-46-44(54-27-36-22-14-7-15-23-36)41(53-26-35-20-12-6-13-21-35)39(52-25-34-18-10-5-11-19-34)37(60-46)28-51-24-33-16-8-4-9-17-33/h4-23,37-46,50H,24-29H2,1-3H3/t37-,38-,39-,40-,41+,42+,43-,44+,45+,46+/m1/s1. The summed E-state index contributed by atoms with van der Waals surface area (Å²) in [4.78, 5) is 36.7. The highest BCUT2D eigenvalue weighted by molar-refractivity contribution is 5.68. The Kier molecular flexibility index (Phi) is 16.7. The van der Waals surface area contributed by atoms with Crippen LogP contribution in [0.3, 0.4) is 0 Å². The predicted octanol–water partition coefficient (Wildman–Crippen LogP) is 5.21. The van der Waals surface area contributed by atoms with Crippen LogP contribution < -0.4 is 0 Å². The SMILES string of the molecule is CC(=O)O[C@@H]1[C@@H](OC(C)=O)[C@@H](O)O[C@H](CO[C@H]2O[C@H](COCc3ccccc3)[C@@H](OCc3ccccc3)[C@H](OCc3ccccc3)[C@@H]2OCc2ccccc2)[C@H]1OC(C)=O. The summed E-state index contributed by atoms with van der Waals surface area (Å²) in [5.74, 6) is -2.30. The molecule has 2 fully saturated rings. The van der Waals surface area contributed by atoms with Gasteiger partial charge in [-0.1, -0.05) is 121 Å². The Balaban J connectivity index is 1.34. The molecule has 4 aromatic carbocycles. The molecule has 320 valence electrons. The van der Waals surface area contributed by atoms with Crippen LogP contribution >= 0.6 is 0 Å². The van der Waals surface area contributed by atoms with E-state index >= 15 is 0 Å². The zero-order chi connectivity index (χ0) is 42.3. The number of carbonyl (C=O) groups excluding carboxylic acids is 3. The van der Waals surface area contributed by atoms with Crippen LogP contribution in [0.1, 0.15) is 43.0 Å². The predicted molar refractivity (Wildman–Crippen MR) is 213 cm³/mol. The average molecular weight is 829 g/mol. The lowest BCUT2D eigenvalue weighted by Crippen LogP contribution is -2.64. The Labute approximate surface area is 349 Å². The van der Waals surface area contributed by atoms with E-state index in [-0.39, 0.29) is 33.0 Å². The number of hydrogen-bond acceptors (Lipinski definition) is 14. The normalized spacial score (nSPS) is 26.5. The molecule has 4 aromatic rings. The maximum absolute atomic E-state index is 12.4. The second-order valence-electron chi connectivity index (χ2n) is 14.4. The Morgan fingerprint density at radius 3 is 1.33 bits per heavy atom. The molecule has 60 heavy (non-hydrogen) atoms. The van der Waals surface area contributed by atoms with E-state index in [0.717, 1.165) is 43.0 Å². The van der Waals surface area contributed by atoms with Crippen molar-refractivity contribution in [2.45, 2.75) is 109 Å². The van der Waals surface area contributed by atoms with E-state index in [4.69, 9.17) is 47.4 Å². The molecule has 6 rings (SSSR count). The van der Waals surface area contributed by atoms with Crippen LogP contribution in [0, 0.1) is 0 Å². The first-order valence-corrected chi connectivity index (χ1v) is 19.8. The lowest BCUT2D eigenvalue weighted by Gasteiger charge is -2.47. The Morgan fingerprint density at radius 2 is 0.850 bits per heavy atom. The van der Waals surface area contributed by atoms with E-state index in [1.807, 2.05) is 121 Å². The smallest absolute Gasteiger partial charge is 0.303 e. The van der Waals surface area contributed by atoms with Crippen molar-refractivity contribution in [3.8, 4) is 0 Å². The number of rotatable bonds is 19. The first kappa shape index (κ1) is 44.5. The van der Waals surface area contributed by atoms with Gasteiger partial charge in [-0.2, -0.15) is 0 Å². The van der Waals surface area contributed by atoms with E-state index in [9.17, 15) is 19.5 Å². The van der Waals surface area contributed by atoms with Gasteiger partial charge in [-0.3, -0.25) is 14.4 Å². The van der Waals surface area contributed by atoms with Gasteiger partial charge in [0.25, 0.3) is 0 Å². The molecular weight excluding hydrogens is 776 g/mol. The minimum atomic E-state index is -1.78. The second kappa shape index (κ2) is 22.5. The van der Waals surface area contributed by atoms with Gasteiger partial charge in [0.05, 0.1) is 39.6 Å². The van der Waals surface area contributed by atoms with Crippen LogP contribution in [0.15, 0.2) is 121 Å². The minimum absolute atomic E-state index is 0.0676. The van der Waals surface area contributed by atoms with Crippen molar-refractivity contribution in [3.05, 3.63) is 144 Å². The van der Waals surface area contributed by atoms with Crippen LogP contribution in [0.2, 0.25) is 0 Å². The van der Waals surface area contributed by atoms with Crippen molar-refractivity contribution in [1.29, 1.82) is 0 Å². The molecule has 2 aliphatic heterocycles. The molecule has 10 atom stereocenters. The molecule has 0 spiro atoms. The number of benzene rings is 4. The topological polar surface area (TPSA) is 164 Å².